The zero-order chi connectivity index (χ0) is 12.1. The first-order valence-corrected chi connectivity index (χ1v) is 6.86. The molecule has 0 radical (unpaired) electrons. The monoisotopic (exact) mass is 240 g/mol. The third-order valence-electron chi connectivity index (χ3n) is 3.97. The number of hydrogen-bond donors (Lipinski definition) is 2. The highest BCUT2D eigenvalue weighted by atomic mass is 16.5. The molecule has 0 saturated carbocycles. The second-order valence-corrected chi connectivity index (χ2v) is 5.30. The van der Waals surface area contributed by atoms with Crippen LogP contribution in [0.25, 0.3) is 0 Å². The summed E-state index contributed by atoms with van der Waals surface area (Å²) in [6.45, 7) is 5.72. The molecule has 17 heavy (non-hydrogen) atoms. The van der Waals surface area contributed by atoms with E-state index in [4.69, 9.17) is 4.74 Å². The van der Waals surface area contributed by atoms with Crippen molar-refractivity contribution in [2.24, 2.45) is 11.8 Å². The van der Waals surface area contributed by atoms with Crippen molar-refractivity contribution in [2.45, 2.75) is 38.6 Å². The highest BCUT2D eigenvalue weighted by Gasteiger charge is 2.27. The molecule has 0 aliphatic carbocycles. The fourth-order valence-corrected chi connectivity index (χ4v) is 2.74. The third kappa shape index (κ3) is 3.68. The number of carbonyl (C=O) groups excluding carboxylic acids is 1. The smallest absolute Gasteiger partial charge is 0.224 e. The number of hydrogen-bond acceptors (Lipinski definition) is 3. The Morgan fingerprint density at radius 3 is 3.06 bits per heavy atom. The molecule has 0 aromatic carbocycles. The molecule has 0 aromatic rings. The topological polar surface area (TPSA) is 50.4 Å². The van der Waals surface area contributed by atoms with Crippen LogP contribution in [0.2, 0.25) is 0 Å². The van der Waals surface area contributed by atoms with Gasteiger partial charge in [-0.1, -0.05) is 0 Å². The molecule has 0 aromatic heterocycles. The van der Waals surface area contributed by atoms with Gasteiger partial charge in [0.15, 0.2) is 0 Å². The molecular weight excluding hydrogens is 216 g/mol. The molecule has 4 heteroatoms. The molecule has 1 amide bonds. The third-order valence-corrected chi connectivity index (χ3v) is 3.97. The molecule has 2 fully saturated rings. The lowest BCUT2D eigenvalue weighted by Crippen LogP contribution is -2.47. The standard InChI is InChI=1S/C13H24N2O2/c1-10-12(3-2-6-14-10)13(16)15-7-4-11-5-8-17-9-11/h10-12,14H,2-9H2,1H3,(H,15,16). The molecule has 2 aliphatic heterocycles. The molecule has 0 spiro atoms. The second-order valence-electron chi connectivity index (χ2n) is 5.30. The van der Waals surface area contributed by atoms with Crippen molar-refractivity contribution < 1.29 is 9.53 Å². The predicted octanol–water partition coefficient (Wildman–Crippen LogP) is 0.917. The van der Waals surface area contributed by atoms with E-state index in [1.165, 1.54) is 0 Å². The zero-order valence-corrected chi connectivity index (χ0v) is 10.7. The first kappa shape index (κ1) is 12.8. The van der Waals surface area contributed by atoms with Gasteiger partial charge < -0.3 is 15.4 Å². The molecule has 3 unspecified atom stereocenters. The van der Waals surface area contributed by atoms with Gasteiger partial charge in [0.05, 0.1) is 5.92 Å². The van der Waals surface area contributed by atoms with E-state index in [0.717, 1.165) is 52.0 Å². The molecule has 4 nitrogen and oxygen atoms in total. The Bertz CT molecular complexity index is 252. The van der Waals surface area contributed by atoms with Gasteiger partial charge >= 0.3 is 0 Å². The molecule has 2 rings (SSSR count). The fraction of sp³-hybridized carbons (Fsp3) is 0.923. The summed E-state index contributed by atoms with van der Waals surface area (Å²) in [4.78, 5) is 12.0. The van der Waals surface area contributed by atoms with Gasteiger partial charge in [-0.3, -0.25) is 4.79 Å². The van der Waals surface area contributed by atoms with Crippen molar-refractivity contribution in [3.05, 3.63) is 0 Å². The van der Waals surface area contributed by atoms with E-state index < -0.39 is 0 Å². The number of carbonyl (C=O) groups is 1. The van der Waals surface area contributed by atoms with E-state index in [9.17, 15) is 4.79 Å². The second kappa shape index (κ2) is 6.36. The van der Waals surface area contributed by atoms with Gasteiger partial charge in [0, 0.05) is 25.8 Å². The van der Waals surface area contributed by atoms with Gasteiger partial charge in [-0.2, -0.15) is 0 Å². The fourth-order valence-electron chi connectivity index (χ4n) is 2.74. The maximum absolute atomic E-state index is 12.0. The quantitative estimate of drug-likeness (QED) is 0.768. The van der Waals surface area contributed by atoms with Crippen molar-refractivity contribution in [1.82, 2.24) is 10.6 Å². The van der Waals surface area contributed by atoms with E-state index in [1.54, 1.807) is 0 Å². The van der Waals surface area contributed by atoms with Gasteiger partial charge in [-0.25, -0.2) is 0 Å². The first-order valence-electron chi connectivity index (χ1n) is 6.86. The lowest BCUT2D eigenvalue weighted by Gasteiger charge is -2.29. The average Bonchev–Trinajstić information content (AvgIpc) is 2.82. The van der Waals surface area contributed by atoms with Crippen molar-refractivity contribution in [3.63, 3.8) is 0 Å². The van der Waals surface area contributed by atoms with E-state index in [-0.39, 0.29) is 11.8 Å². The molecule has 2 N–H and O–H groups in total. The highest BCUT2D eigenvalue weighted by Crippen LogP contribution is 2.17. The summed E-state index contributed by atoms with van der Waals surface area (Å²) in [6, 6.07) is 0.318. The lowest BCUT2D eigenvalue weighted by molar-refractivity contribution is -0.126. The number of nitrogens with one attached hydrogen (secondary N) is 2. The molecule has 0 bridgehead atoms. The Morgan fingerprint density at radius 2 is 2.35 bits per heavy atom. The number of rotatable bonds is 4. The summed E-state index contributed by atoms with van der Waals surface area (Å²) >= 11 is 0. The van der Waals surface area contributed by atoms with E-state index in [2.05, 4.69) is 17.6 Å². The van der Waals surface area contributed by atoms with Gasteiger partial charge in [0.1, 0.15) is 0 Å². The normalized spacial score (nSPS) is 33.6. The summed E-state index contributed by atoms with van der Waals surface area (Å²) in [5.41, 5.74) is 0. The van der Waals surface area contributed by atoms with Crippen LogP contribution < -0.4 is 10.6 Å². The molecule has 2 heterocycles. The van der Waals surface area contributed by atoms with Crippen molar-refractivity contribution in [2.75, 3.05) is 26.3 Å². The van der Waals surface area contributed by atoms with Gasteiger partial charge in [-0.05, 0) is 45.1 Å². The minimum absolute atomic E-state index is 0.156. The summed E-state index contributed by atoms with van der Waals surface area (Å²) < 4.78 is 5.33. The van der Waals surface area contributed by atoms with Crippen LogP contribution in [0.3, 0.4) is 0 Å². The predicted molar refractivity (Wildman–Crippen MR) is 66.7 cm³/mol. The Labute approximate surface area is 103 Å². The van der Waals surface area contributed by atoms with E-state index >= 15 is 0 Å². The Balaban J connectivity index is 1.65. The highest BCUT2D eigenvalue weighted by molar-refractivity contribution is 5.79. The molecule has 2 saturated heterocycles. The van der Waals surface area contributed by atoms with Crippen LogP contribution in [-0.4, -0.2) is 38.3 Å². The molecule has 98 valence electrons. The molecule has 2 aliphatic rings. The minimum atomic E-state index is 0.156. The summed E-state index contributed by atoms with van der Waals surface area (Å²) in [5.74, 6) is 1.03. The molecular formula is C13H24N2O2. The Kier molecular flexibility index (Phi) is 4.80. The Hall–Kier alpha value is -0.610. The largest absolute Gasteiger partial charge is 0.381 e. The summed E-state index contributed by atoms with van der Waals surface area (Å²) in [6.07, 6.45) is 4.34. The van der Waals surface area contributed by atoms with Crippen molar-refractivity contribution in [3.8, 4) is 0 Å². The summed E-state index contributed by atoms with van der Waals surface area (Å²) in [7, 11) is 0. The van der Waals surface area contributed by atoms with Crippen LogP contribution >= 0.6 is 0 Å². The van der Waals surface area contributed by atoms with Crippen LogP contribution in [0.5, 0.6) is 0 Å². The van der Waals surface area contributed by atoms with Gasteiger partial charge in [0.2, 0.25) is 5.91 Å². The van der Waals surface area contributed by atoms with Crippen LogP contribution in [0.15, 0.2) is 0 Å². The molecule has 3 atom stereocenters. The number of amides is 1. The van der Waals surface area contributed by atoms with Crippen LogP contribution in [0.4, 0.5) is 0 Å². The Morgan fingerprint density at radius 1 is 1.47 bits per heavy atom. The van der Waals surface area contributed by atoms with Crippen LogP contribution in [0, 0.1) is 11.8 Å². The lowest BCUT2D eigenvalue weighted by atomic mass is 9.91. The number of piperidine rings is 1. The zero-order valence-electron chi connectivity index (χ0n) is 10.7. The van der Waals surface area contributed by atoms with Crippen molar-refractivity contribution in [1.29, 1.82) is 0 Å². The summed E-state index contributed by atoms with van der Waals surface area (Å²) in [5, 5.41) is 6.44. The van der Waals surface area contributed by atoms with Gasteiger partial charge in [-0.15, -0.1) is 0 Å². The van der Waals surface area contributed by atoms with E-state index in [1.807, 2.05) is 0 Å². The number of ether oxygens (including phenoxy) is 1. The van der Waals surface area contributed by atoms with Crippen molar-refractivity contribution >= 4 is 5.91 Å². The van der Waals surface area contributed by atoms with E-state index in [0.29, 0.717) is 12.0 Å². The SMILES string of the molecule is CC1NCCCC1C(=O)NCCC1CCOC1. The van der Waals surface area contributed by atoms with Crippen LogP contribution in [-0.2, 0) is 9.53 Å². The average molecular weight is 240 g/mol. The maximum Gasteiger partial charge on any atom is 0.224 e. The first-order chi connectivity index (χ1) is 8.27. The van der Waals surface area contributed by atoms with Crippen LogP contribution in [0.1, 0.15) is 32.6 Å². The minimum Gasteiger partial charge on any atom is -0.381 e. The maximum atomic E-state index is 12.0. The van der Waals surface area contributed by atoms with Gasteiger partial charge in [0.25, 0.3) is 0 Å².